The molecule has 6 rings (SSSR count). The monoisotopic (exact) mass is 589 g/mol. The third-order valence-corrected chi connectivity index (χ3v) is 4.61. The number of pyridine rings is 3. The first kappa shape index (κ1) is 20.9. The Labute approximate surface area is 195 Å². The summed E-state index contributed by atoms with van der Waals surface area (Å²) in [5.74, 6) is 1.83. The van der Waals surface area contributed by atoms with Crippen LogP contribution in [0, 0.1) is 12.2 Å². The molecule has 3 aliphatic rings. The van der Waals surface area contributed by atoms with Gasteiger partial charge < -0.3 is 42.2 Å². The Morgan fingerprint density at radius 1 is 0.968 bits per heavy atom. The first-order chi connectivity index (χ1) is 14.9. The Kier molecular flexibility index (Phi) is 6.52. The molecule has 0 aromatic carbocycles. The van der Waals surface area contributed by atoms with Crippen LogP contribution in [0.1, 0.15) is 11.9 Å². The van der Waals surface area contributed by atoms with Crippen molar-refractivity contribution in [3.05, 3.63) is 137 Å². The van der Waals surface area contributed by atoms with Gasteiger partial charge in [0.05, 0.1) is 0 Å². The minimum atomic E-state index is -0.109. The van der Waals surface area contributed by atoms with Crippen molar-refractivity contribution < 1.29 is 30.2 Å². The van der Waals surface area contributed by atoms with E-state index in [2.05, 4.69) is 32.0 Å². The second-order valence-electron chi connectivity index (χ2n) is 6.53. The number of hydrogen-bond donors (Lipinski definition) is 1. The molecule has 0 amide bonds. The number of hydrogen-bond acceptors (Lipinski definition) is 2. The van der Waals surface area contributed by atoms with Gasteiger partial charge in [-0.2, -0.15) is 12.2 Å². The Balaban J connectivity index is 0.000000144. The fraction of sp³-hybridized carbons (Fsp3) is 0.0455. The Morgan fingerprint density at radius 2 is 1.84 bits per heavy atom. The maximum atomic E-state index is 4.29. The van der Waals surface area contributed by atoms with Crippen LogP contribution in [0.15, 0.2) is 97.6 Å². The quantitative estimate of drug-likeness (QED) is 0.358. The molecule has 31 heavy (non-hydrogen) atoms. The minimum Gasteiger partial charge on any atom is -0.759 e. The zero-order valence-electron chi connectivity index (χ0n) is 16.3. The van der Waals surface area contributed by atoms with E-state index in [1.165, 1.54) is 0 Å². The summed E-state index contributed by atoms with van der Waals surface area (Å²) in [6.07, 6.45) is 14.0. The molecule has 0 saturated heterocycles. The molecule has 0 aliphatic carbocycles. The minimum absolute atomic E-state index is 0. The fourth-order valence-corrected chi connectivity index (χ4v) is 3.20. The molecule has 0 saturated carbocycles. The largest absolute Gasteiger partial charge is 0.759 e. The SMILES string of the molecule is C1=C[N-][C-]([C-]2[N-]Nc3cccc[n+]32)C=C1.[Pt].c1ccc(C2[N-][N-]c3cccc[n+]32)nc1. The van der Waals surface area contributed by atoms with Gasteiger partial charge in [0.15, 0.2) is 5.82 Å². The smallest absolute Gasteiger partial charge is 0.155 e. The summed E-state index contributed by atoms with van der Waals surface area (Å²) in [6.45, 7) is 0. The van der Waals surface area contributed by atoms with Crippen molar-refractivity contribution >= 4 is 11.6 Å². The van der Waals surface area contributed by atoms with Crippen LogP contribution in [-0.2, 0) is 21.1 Å². The number of anilines is 1. The molecular weight excluding hydrogens is 571 g/mol. The predicted molar refractivity (Wildman–Crippen MR) is 113 cm³/mol. The van der Waals surface area contributed by atoms with Gasteiger partial charge in [-0.25, -0.2) is 12.3 Å². The fourth-order valence-electron chi connectivity index (χ4n) is 3.20. The molecule has 160 valence electrons. The van der Waals surface area contributed by atoms with E-state index in [1.807, 2.05) is 94.4 Å². The Hall–Kier alpha value is -3.32. The molecule has 8 nitrogen and oxygen atoms in total. The van der Waals surface area contributed by atoms with Crippen LogP contribution in [0.2, 0.25) is 0 Å². The molecule has 1 unspecified atom stereocenters. The molecule has 1 N–H and O–H groups in total. The van der Waals surface area contributed by atoms with Crippen molar-refractivity contribution in [2.24, 2.45) is 0 Å². The van der Waals surface area contributed by atoms with Crippen LogP contribution >= 0.6 is 0 Å². The first-order valence-corrected chi connectivity index (χ1v) is 9.48. The van der Waals surface area contributed by atoms with Crippen LogP contribution in [0.5, 0.6) is 0 Å². The molecule has 0 fully saturated rings. The second kappa shape index (κ2) is 9.66. The number of aromatic nitrogens is 3. The third kappa shape index (κ3) is 4.41. The summed E-state index contributed by atoms with van der Waals surface area (Å²) in [4.78, 5) is 4.29. The average molecular weight is 590 g/mol. The van der Waals surface area contributed by atoms with Crippen LogP contribution in [-0.4, -0.2) is 4.98 Å². The summed E-state index contributed by atoms with van der Waals surface area (Å²) in [5.41, 5.74) is 16.4. The van der Waals surface area contributed by atoms with E-state index >= 15 is 0 Å². The van der Waals surface area contributed by atoms with Crippen molar-refractivity contribution in [3.8, 4) is 0 Å². The Bertz CT molecular complexity index is 1070. The maximum Gasteiger partial charge on any atom is 0.155 e. The van der Waals surface area contributed by atoms with Gasteiger partial charge in [0.1, 0.15) is 5.82 Å². The molecule has 9 heteroatoms. The molecular formula is C22H18N8Pt-4. The van der Waals surface area contributed by atoms with Gasteiger partial charge in [-0.05, 0) is 36.5 Å². The standard InChI is InChI=1S/2C11H9N4.Pt/c2*1-3-7-12-9(5-1)11-14-13-10-6-2-4-8-15(10)11;/h1-8,13H;1-8,11H;/q-3;-1;. The summed E-state index contributed by atoms with van der Waals surface area (Å²) >= 11 is 0. The number of rotatable bonds is 2. The van der Waals surface area contributed by atoms with Crippen molar-refractivity contribution in [2.45, 2.75) is 6.17 Å². The topological polar surface area (TPSA) is 89.1 Å². The van der Waals surface area contributed by atoms with Gasteiger partial charge in [-0.3, -0.25) is 11.1 Å². The second-order valence-corrected chi connectivity index (χ2v) is 6.53. The summed E-state index contributed by atoms with van der Waals surface area (Å²) in [6, 6.07) is 18.4. The van der Waals surface area contributed by atoms with E-state index in [-0.39, 0.29) is 27.2 Å². The van der Waals surface area contributed by atoms with E-state index in [4.69, 9.17) is 0 Å². The van der Waals surface area contributed by atoms with Gasteiger partial charge in [0.25, 0.3) is 0 Å². The predicted octanol–water partition coefficient (Wildman–Crippen LogP) is 4.24. The molecule has 3 aromatic heterocycles. The zero-order chi connectivity index (χ0) is 20.2. The van der Waals surface area contributed by atoms with Crippen LogP contribution in [0.4, 0.5) is 11.6 Å². The number of allylic oxidation sites excluding steroid dienone is 2. The summed E-state index contributed by atoms with van der Waals surface area (Å²) in [7, 11) is 0. The number of fused-ring (bicyclic) bond motifs is 2. The molecule has 0 bridgehead atoms. The van der Waals surface area contributed by atoms with E-state index in [0.29, 0.717) is 0 Å². The van der Waals surface area contributed by atoms with Crippen molar-refractivity contribution in [1.29, 1.82) is 0 Å². The first-order valence-electron chi connectivity index (χ1n) is 9.48. The van der Waals surface area contributed by atoms with Crippen LogP contribution in [0.25, 0.3) is 21.6 Å². The van der Waals surface area contributed by atoms with E-state index in [9.17, 15) is 0 Å². The Morgan fingerprint density at radius 3 is 2.68 bits per heavy atom. The van der Waals surface area contributed by atoms with Gasteiger partial charge in [-0.1, -0.05) is 24.3 Å². The maximum absolute atomic E-state index is 4.29. The summed E-state index contributed by atoms with van der Waals surface area (Å²) in [5, 5.41) is 4.27. The molecule has 0 spiro atoms. The van der Waals surface area contributed by atoms with Crippen LogP contribution in [0.3, 0.4) is 0 Å². The molecule has 0 radical (unpaired) electrons. The van der Waals surface area contributed by atoms with E-state index < -0.39 is 0 Å². The van der Waals surface area contributed by atoms with Gasteiger partial charge in [0.2, 0.25) is 0 Å². The molecule has 1 atom stereocenters. The zero-order valence-corrected chi connectivity index (χ0v) is 18.5. The molecule has 3 aliphatic heterocycles. The van der Waals surface area contributed by atoms with Gasteiger partial charge in [0, 0.05) is 45.3 Å². The van der Waals surface area contributed by atoms with Crippen LogP contribution < -0.4 is 14.6 Å². The number of nitrogens with zero attached hydrogens (tertiary/aromatic N) is 7. The van der Waals surface area contributed by atoms with Gasteiger partial charge in [-0.15, -0.1) is 0 Å². The third-order valence-electron chi connectivity index (χ3n) is 4.61. The average Bonchev–Trinajstić information content (AvgIpc) is 3.45. The molecule has 3 aromatic rings. The molecule has 6 heterocycles. The number of nitrogens with one attached hydrogen (secondary N) is 1. The van der Waals surface area contributed by atoms with E-state index in [1.54, 1.807) is 12.4 Å². The van der Waals surface area contributed by atoms with E-state index in [0.717, 1.165) is 29.5 Å². The van der Waals surface area contributed by atoms with Crippen molar-refractivity contribution in [2.75, 3.05) is 5.43 Å². The van der Waals surface area contributed by atoms with Gasteiger partial charge >= 0.3 is 0 Å². The van der Waals surface area contributed by atoms with Crippen molar-refractivity contribution in [3.63, 3.8) is 0 Å². The summed E-state index contributed by atoms with van der Waals surface area (Å²) < 4.78 is 3.98. The van der Waals surface area contributed by atoms with Crippen molar-refractivity contribution in [1.82, 2.24) is 4.98 Å². The normalized spacial score (nSPS) is 17.2.